The van der Waals surface area contributed by atoms with E-state index in [1.165, 1.54) is 29.3 Å². The Hall–Kier alpha value is 0.470. The van der Waals surface area contributed by atoms with Crippen LogP contribution < -0.4 is 0 Å². The van der Waals surface area contributed by atoms with Gasteiger partial charge in [0, 0.05) is 4.43 Å². The fourth-order valence-electron chi connectivity index (χ4n) is 0.607. The maximum Gasteiger partial charge on any atom is 0.0203 e. The summed E-state index contributed by atoms with van der Waals surface area (Å²) in [5, 5.41) is 0. The molecule has 0 spiro atoms. The van der Waals surface area contributed by atoms with Gasteiger partial charge in [0.15, 0.2) is 0 Å². The SMILES string of the molecule is CCCCC=C(C)CI. The van der Waals surface area contributed by atoms with E-state index in [0.29, 0.717) is 0 Å². The van der Waals surface area contributed by atoms with Gasteiger partial charge in [-0.15, -0.1) is 0 Å². The van der Waals surface area contributed by atoms with Crippen LogP contribution in [0.5, 0.6) is 0 Å². The average Bonchev–Trinajstić information content (AvgIpc) is 1.89. The van der Waals surface area contributed by atoms with Crippen molar-refractivity contribution in [2.75, 3.05) is 4.43 Å². The molecular formula is C8H15I. The number of allylic oxidation sites excluding steroid dienone is 2. The zero-order valence-corrected chi connectivity index (χ0v) is 8.44. The molecule has 0 heterocycles. The predicted octanol–water partition coefficient (Wildman–Crippen LogP) is 3.56. The molecule has 1 heteroatoms. The molecule has 0 aromatic rings. The summed E-state index contributed by atoms with van der Waals surface area (Å²) in [4.78, 5) is 0. The molecule has 0 aliphatic carbocycles. The van der Waals surface area contributed by atoms with Crippen LogP contribution in [0.4, 0.5) is 0 Å². The molecule has 0 N–H and O–H groups in total. The van der Waals surface area contributed by atoms with Gasteiger partial charge in [0.05, 0.1) is 0 Å². The van der Waals surface area contributed by atoms with E-state index >= 15 is 0 Å². The number of unbranched alkanes of at least 4 members (excludes halogenated alkanes) is 2. The maximum atomic E-state index is 2.40. The van der Waals surface area contributed by atoms with Gasteiger partial charge in [-0.2, -0.15) is 0 Å². The van der Waals surface area contributed by atoms with Crippen LogP contribution in [0, 0.1) is 0 Å². The van der Waals surface area contributed by atoms with E-state index in [4.69, 9.17) is 0 Å². The Morgan fingerprint density at radius 3 is 2.67 bits per heavy atom. The van der Waals surface area contributed by atoms with Gasteiger partial charge < -0.3 is 0 Å². The predicted molar refractivity (Wildman–Crippen MR) is 52.2 cm³/mol. The number of hydrogen-bond donors (Lipinski definition) is 0. The highest BCUT2D eigenvalue weighted by atomic mass is 127. The Kier molecular flexibility index (Phi) is 6.93. The van der Waals surface area contributed by atoms with Crippen molar-refractivity contribution >= 4 is 22.6 Å². The van der Waals surface area contributed by atoms with Crippen molar-refractivity contribution in [2.45, 2.75) is 33.1 Å². The Morgan fingerprint density at radius 2 is 2.22 bits per heavy atom. The third kappa shape index (κ3) is 6.35. The monoisotopic (exact) mass is 238 g/mol. The van der Waals surface area contributed by atoms with Crippen molar-refractivity contribution in [3.05, 3.63) is 11.6 Å². The first-order chi connectivity index (χ1) is 4.31. The van der Waals surface area contributed by atoms with E-state index in [2.05, 4.69) is 42.5 Å². The Labute approximate surface area is 71.9 Å². The van der Waals surface area contributed by atoms with Crippen LogP contribution in [0.15, 0.2) is 11.6 Å². The summed E-state index contributed by atoms with van der Waals surface area (Å²) in [6.07, 6.45) is 6.26. The summed E-state index contributed by atoms with van der Waals surface area (Å²) >= 11 is 2.40. The molecule has 0 aliphatic rings. The highest BCUT2D eigenvalue weighted by molar-refractivity contribution is 14.1. The lowest BCUT2D eigenvalue weighted by molar-refractivity contribution is 0.811. The second-order valence-electron chi connectivity index (χ2n) is 2.33. The van der Waals surface area contributed by atoms with Crippen molar-refractivity contribution in [3.63, 3.8) is 0 Å². The van der Waals surface area contributed by atoms with Gasteiger partial charge in [-0.25, -0.2) is 0 Å². The summed E-state index contributed by atoms with van der Waals surface area (Å²) in [7, 11) is 0. The van der Waals surface area contributed by atoms with E-state index in [-0.39, 0.29) is 0 Å². The summed E-state index contributed by atoms with van der Waals surface area (Å²) < 4.78 is 1.18. The van der Waals surface area contributed by atoms with E-state index in [1.54, 1.807) is 0 Å². The van der Waals surface area contributed by atoms with Crippen LogP contribution in [0.3, 0.4) is 0 Å². The molecule has 9 heavy (non-hydrogen) atoms. The largest absolute Gasteiger partial charge is 0.0848 e. The lowest BCUT2D eigenvalue weighted by Crippen LogP contribution is -1.75. The van der Waals surface area contributed by atoms with Crippen molar-refractivity contribution in [2.24, 2.45) is 0 Å². The summed E-state index contributed by atoms with van der Waals surface area (Å²) in [5.41, 5.74) is 1.52. The molecule has 0 radical (unpaired) electrons. The zero-order chi connectivity index (χ0) is 7.11. The third-order valence-corrected chi connectivity index (χ3v) is 2.46. The molecule has 0 aromatic heterocycles. The summed E-state index contributed by atoms with van der Waals surface area (Å²) in [5.74, 6) is 0. The van der Waals surface area contributed by atoms with Gasteiger partial charge in [-0.05, 0) is 13.3 Å². The molecule has 0 fully saturated rings. The first-order valence-electron chi connectivity index (χ1n) is 3.52. The minimum absolute atomic E-state index is 1.18. The van der Waals surface area contributed by atoms with Crippen LogP contribution in [0.25, 0.3) is 0 Å². The van der Waals surface area contributed by atoms with Gasteiger partial charge in [-0.3, -0.25) is 0 Å². The molecule has 0 aliphatic heterocycles. The number of hydrogen-bond acceptors (Lipinski definition) is 0. The molecule has 0 nitrogen and oxygen atoms in total. The fourth-order valence-corrected chi connectivity index (χ4v) is 0.919. The summed E-state index contributed by atoms with van der Waals surface area (Å²) in [6, 6.07) is 0. The summed E-state index contributed by atoms with van der Waals surface area (Å²) in [6.45, 7) is 4.43. The normalized spacial score (nSPS) is 12.1. The number of halogens is 1. The smallest absolute Gasteiger partial charge is 0.0203 e. The molecule has 0 saturated heterocycles. The van der Waals surface area contributed by atoms with Crippen molar-refractivity contribution in [1.29, 1.82) is 0 Å². The van der Waals surface area contributed by atoms with Crippen molar-refractivity contribution in [1.82, 2.24) is 0 Å². The zero-order valence-electron chi connectivity index (χ0n) is 6.28. The van der Waals surface area contributed by atoms with E-state index in [1.807, 2.05) is 0 Å². The average molecular weight is 238 g/mol. The van der Waals surface area contributed by atoms with E-state index in [9.17, 15) is 0 Å². The Balaban J connectivity index is 3.21. The maximum absolute atomic E-state index is 2.40. The quantitative estimate of drug-likeness (QED) is 0.304. The standard InChI is InChI=1S/C8H15I/c1-3-4-5-6-8(2)7-9/h6H,3-5,7H2,1-2H3. The lowest BCUT2D eigenvalue weighted by atomic mass is 10.2. The second-order valence-corrected chi connectivity index (χ2v) is 3.09. The Bertz CT molecular complexity index is 84.6. The molecular weight excluding hydrogens is 223 g/mol. The van der Waals surface area contributed by atoms with Gasteiger partial charge in [0.2, 0.25) is 0 Å². The Morgan fingerprint density at radius 1 is 1.56 bits per heavy atom. The molecule has 54 valence electrons. The molecule has 0 saturated carbocycles. The fraction of sp³-hybridized carbons (Fsp3) is 0.750. The minimum Gasteiger partial charge on any atom is -0.0848 e. The molecule has 0 atom stereocenters. The van der Waals surface area contributed by atoms with E-state index in [0.717, 1.165) is 0 Å². The lowest BCUT2D eigenvalue weighted by Gasteiger charge is -1.92. The first-order valence-corrected chi connectivity index (χ1v) is 5.05. The number of rotatable bonds is 4. The van der Waals surface area contributed by atoms with Crippen molar-refractivity contribution in [3.8, 4) is 0 Å². The number of alkyl halides is 1. The van der Waals surface area contributed by atoms with Gasteiger partial charge in [-0.1, -0.05) is 54.0 Å². The van der Waals surface area contributed by atoms with Crippen molar-refractivity contribution < 1.29 is 0 Å². The van der Waals surface area contributed by atoms with Gasteiger partial charge in [0.25, 0.3) is 0 Å². The third-order valence-electron chi connectivity index (χ3n) is 1.26. The minimum atomic E-state index is 1.18. The molecule has 0 amide bonds. The van der Waals surface area contributed by atoms with Crippen LogP contribution in [-0.4, -0.2) is 4.43 Å². The molecule has 0 unspecified atom stereocenters. The van der Waals surface area contributed by atoms with Crippen LogP contribution >= 0.6 is 22.6 Å². The van der Waals surface area contributed by atoms with Crippen LogP contribution in [0.2, 0.25) is 0 Å². The van der Waals surface area contributed by atoms with Crippen LogP contribution in [-0.2, 0) is 0 Å². The van der Waals surface area contributed by atoms with Gasteiger partial charge in [0.1, 0.15) is 0 Å². The topological polar surface area (TPSA) is 0 Å². The molecule has 0 bridgehead atoms. The van der Waals surface area contributed by atoms with Crippen LogP contribution in [0.1, 0.15) is 33.1 Å². The molecule has 0 aromatic carbocycles. The van der Waals surface area contributed by atoms with E-state index < -0.39 is 0 Å². The highest BCUT2D eigenvalue weighted by Gasteiger charge is 1.83. The second kappa shape index (κ2) is 6.59. The molecule has 0 rings (SSSR count). The highest BCUT2D eigenvalue weighted by Crippen LogP contribution is 2.02. The first kappa shape index (κ1) is 9.47. The van der Waals surface area contributed by atoms with Gasteiger partial charge >= 0.3 is 0 Å².